The van der Waals surface area contributed by atoms with Crippen LogP contribution in [0.15, 0.2) is 54.7 Å². The van der Waals surface area contributed by atoms with Gasteiger partial charge in [0.1, 0.15) is 17.7 Å². The van der Waals surface area contributed by atoms with Crippen molar-refractivity contribution in [2.45, 2.75) is 13.0 Å². The number of nitrogens with zero attached hydrogens (tertiary/aromatic N) is 4. The van der Waals surface area contributed by atoms with Crippen LogP contribution in [0, 0.1) is 6.92 Å². The molecule has 24 heavy (non-hydrogen) atoms. The molecule has 2 amide bonds. The number of aromatic nitrogens is 4. The summed E-state index contributed by atoms with van der Waals surface area (Å²) in [6.45, 7) is 1.87. The number of hydrogen-bond acceptors (Lipinski definition) is 4. The predicted octanol–water partition coefficient (Wildman–Crippen LogP) is 2.43. The second-order valence-corrected chi connectivity index (χ2v) is 5.32. The highest BCUT2D eigenvalue weighted by molar-refractivity contribution is 5.88. The molecule has 0 aliphatic heterocycles. The average molecular weight is 322 g/mol. The lowest BCUT2D eigenvalue weighted by Crippen LogP contribution is -2.34. The first-order chi connectivity index (χ1) is 11.6. The number of anilines is 1. The number of carbonyl (C=O) groups excluding carboxylic acids is 1. The normalized spacial score (nSPS) is 11.8. The van der Waals surface area contributed by atoms with Crippen LogP contribution in [0.1, 0.15) is 23.3 Å². The second-order valence-electron chi connectivity index (χ2n) is 5.32. The summed E-state index contributed by atoms with van der Waals surface area (Å²) in [6.07, 6.45) is 1.62. The Morgan fingerprint density at radius 2 is 1.83 bits per heavy atom. The number of nitrogens with one attached hydrogen (secondary N) is 2. The van der Waals surface area contributed by atoms with E-state index in [-0.39, 0.29) is 6.03 Å². The molecule has 2 N–H and O–H groups in total. The lowest BCUT2D eigenvalue weighted by molar-refractivity contribution is 0.249. The first-order valence-corrected chi connectivity index (χ1v) is 7.54. The maximum Gasteiger partial charge on any atom is 0.321 e. The molecule has 1 atom stereocenters. The monoisotopic (exact) mass is 322 g/mol. The van der Waals surface area contributed by atoms with E-state index in [9.17, 15) is 4.79 Å². The highest BCUT2D eigenvalue weighted by Crippen LogP contribution is 2.20. The largest absolute Gasteiger partial charge is 0.324 e. The van der Waals surface area contributed by atoms with Crippen molar-refractivity contribution in [1.82, 2.24) is 25.1 Å². The zero-order chi connectivity index (χ0) is 16.9. The molecule has 1 aromatic carbocycles. The van der Waals surface area contributed by atoms with Crippen molar-refractivity contribution < 1.29 is 4.79 Å². The Hall–Kier alpha value is -3.22. The Balaban J connectivity index is 1.85. The molecule has 0 aliphatic rings. The third-order valence-corrected chi connectivity index (χ3v) is 3.70. The van der Waals surface area contributed by atoms with E-state index in [1.807, 2.05) is 54.9 Å². The molecule has 0 bridgehead atoms. The molecule has 0 radical (unpaired) electrons. The molecule has 2 heterocycles. The van der Waals surface area contributed by atoms with E-state index in [2.05, 4.69) is 25.8 Å². The molecule has 7 heteroatoms. The summed E-state index contributed by atoms with van der Waals surface area (Å²) in [4.78, 5) is 16.5. The highest BCUT2D eigenvalue weighted by atomic mass is 16.2. The van der Waals surface area contributed by atoms with Crippen molar-refractivity contribution in [3.8, 4) is 0 Å². The van der Waals surface area contributed by atoms with E-state index in [4.69, 9.17) is 0 Å². The number of aryl methyl sites for hydroxylation is 1. The van der Waals surface area contributed by atoms with Gasteiger partial charge in [-0.2, -0.15) is 0 Å². The third kappa shape index (κ3) is 3.40. The van der Waals surface area contributed by atoms with Gasteiger partial charge >= 0.3 is 6.03 Å². The molecule has 3 aromatic rings. The Kier molecular flexibility index (Phi) is 4.51. The summed E-state index contributed by atoms with van der Waals surface area (Å²) in [5.74, 6) is 1.92. The Labute approximate surface area is 139 Å². The van der Waals surface area contributed by atoms with Crippen molar-refractivity contribution in [2.24, 2.45) is 7.05 Å². The minimum absolute atomic E-state index is 0.358. The topological polar surface area (TPSA) is 84.7 Å². The van der Waals surface area contributed by atoms with Gasteiger partial charge in [-0.3, -0.25) is 5.32 Å². The molecule has 0 aliphatic carbocycles. The molecule has 7 nitrogen and oxygen atoms in total. The summed E-state index contributed by atoms with van der Waals surface area (Å²) in [7, 11) is 1.87. The first kappa shape index (κ1) is 15.7. The summed E-state index contributed by atoms with van der Waals surface area (Å²) < 4.78 is 1.86. The van der Waals surface area contributed by atoms with Gasteiger partial charge in [-0.15, -0.1) is 10.2 Å². The lowest BCUT2D eigenvalue weighted by Gasteiger charge is -2.19. The van der Waals surface area contributed by atoms with Crippen LogP contribution < -0.4 is 10.6 Å². The van der Waals surface area contributed by atoms with Gasteiger partial charge in [0, 0.05) is 13.2 Å². The van der Waals surface area contributed by atoms with Gasteiger partial charge in [-0.05, 0) is 24.6 Å². The highest BCUT2D eigenvalue weighted by Gasteiger charge is 2.22. The molecule has 3 rings (SSSR count). The van der Waals surface area contributed by atoms with Gasteiger partial charge in [0.05, 0.1) is 0 Å². The number of hydrogen-bond donors (Lipinski definition) is 2. The summed E-state index contributed by atoms with van der Waals surface area (Å²) in [5.41, 5.74) is 0.921. The smallest absolute Gasteiger partial charge is 0.321 e. The van der Waals surface area contributed by atoms with Crippen LogP contribution >= 0.6 is 0 Å². The Bertz CT molecular complexity index is 816. The fourth-order valence-electron chi connectivity index (χ4n) is 2.34. The van der Waals surface area contributed by atoms with Crippen LogP contribution in [0.4, 0.5) is 10.6 Å². The molecule has 0 spiro atoms. The van der Waals surface area contributed by atoms with Crippen LogP contribution in [0.3, 0.4) is 0 Å². The number of benzene rings is 1. The van der Waals surface area contributed by atoms with E-state index in [1.165, 1.54) is 0 Å². The molecule has 0 fully saturated rings. The third-order valence-electron chi connectivity index (χ3n) is 3.70. The average Bonchev–Trinajstić information content (AvgIpc) is 2.94. The van der Waals surface area contributed by atoms with E-state index < -0.39 is 6.04 Å². The number of carbonyl (C=O) groups is 1. The van der Waals surface area contributed by atoms with Crippen LogP contribution in [-0.2, 0) is 7.05 Å². The molecule has 2 aromatic heterocycles. The quantitative estimate of drug-likeness (QED) is 0.772. The van der Waals surface area contributed by atoms with E-state index in [0.717, 1.165) is 11.4 Å². The van der Waals surface area contributed by atoms with Crippen molar-refractivity contribution in [3.63, 3.8) is 0 Å². The van der Waals surface area contributed by atoms with Crippen LogP contribution in [0.2, 0.25) is 0 Å². The zero-order valence-electron chi connectivity index (χ0n) is 13.5. The summed E-state index contributed by atoms with van der Waals surface area (Å²) >= 11 is 0. The van der Waals surface area contributed by atoms with Crippen molar-refractivity contribution >= 4 is 11.8 Å². The fourth-order valence-corrected chi connectivity index (χ4v) is 2.34. The zero-order valence-corrected chi connectivity index (χ0v) is 13.5. The SMILES string of the molecule is Cc1nnc(C(NC(=O)Nc2ccccn2)c2ccccc2)n1C. The second kappa shape index (κ2) is 6.91. The first-order valence-electron chi connectivity index (χ1n) is 7.54. The summed E-state index contributed by atoms with van der Waals surface area (Å²) in [5, 5.41) is 13.9. The Morgan fingerprint density at radius 3 is 2.46 bits per heavy atom. The number of pyridine rings is 1. The van der Waals surface area contributed by atoms with E-state index in [0.29, 0.717) is 11.6 Å². The molecular formula is C17H18N6O. The standard InChI is InChI=1S/C17H18N6O/c1-12-21-22-16(23(12)2)15(13-8-4-3-5-9-13)20-17(24)19-14-10-6-7-11-18-14/h3-11,15H,1-2H3,(H2,18,19,20,24). The van der Waals surface area contributed by atoms with Crippen LogP contribution in [0.25, 0.3) is 0 Å². The minimum Gasteiger partial charge on any atom is -0.324 e. The van der Waals surface area contributed by atoms with Gasteiger partial charge in [0.25, 0.3) is 0 Å². The fraction of sp³-hybridized carbons (Fsp3) is 0.176. The maximum atomic E-state index is 12.4. The van der Waals surface area contributed by atoms with Gasteiger partial charge < -0.3 is 9.88 Å². The van der Waals surface area contributed by atoms with E-state index >= 15 is 0 Å². The van der Waals surface area contributed by atoms with Gasteiger partial charge in [-0.1, -0.05) is 36.4 Å². The number of urea groups is 1. The summed E-state index contributed by atoms with van der Waals surface area (Å²) in [6, 6.07) is 14.2. The minimum atomic E-state index is -0.416. The van der Waals surface area contributed by atoms with E-state index in [1.54, 1.807) is 18.3 Å². The van der Waals surface area contributed by atoms with Gasteiger partial charge in [0.2, 0.25) is 0 Å². The van der Waals surface area contributed by atoms with Crippen molar-refractivity contribution in [2.75, 3.05) is 5.32 Å². The molecule has 0 saturated heterocycles. The van der Waals surface area contributed by atoms with Gasteiger partial charge in [0.15, 0.2) is 5.82 Å². The van der Waals surface area contributed by atoms with Crippen LogP contribution in [-0.4, -0.2) is 25.8 Å². The molecule has 1 unspecified atom stereocenters. The Morgan fingerprint density at radius 1 is 1.08 bits per heavy atom. The van der Waals surface area contributed by atoms with Crippen molar-refractivity contribution in [1.29, 1.82) is 0 Å². The van der Waals surface area contributed by atoms with Crippen LogP contribution in [0.5, 0.6) is 0 Å². The van der Waals surface area contributed by atoms with Crippen molar-refractivity contribution in [3.05, 3.63) is 71.9 Å². The van der Waals surface area contributed by atoms with Gasteiger partial charge in [-0.25, -0.2) is 9.78 Å². The molecular weight excluding hydrogens is 304 g/mol. The number of amides is 2. The predicted molar refractivity (Wildman–Crippen MR) is 90.4 cm³/mol. The maximum absolute atomic E-state index is 12.4. The lowest BCUT2D eigenvalue weighted by atomic mass is 10.1. The molecule has 122 valence electrons. The number of rotatable bonds is 4. The molecule has 0 saturated carbocycles.